The summed E-state index contributed by atoms with van der Waals surface area (Å²) in [5.41, 5.74) is 0.179. The fraction of sp³-hybridized carbons (Fsp3) is 0.829. The molecule has 50 heavy (non-hydrogen) atoms. The van der Waals surface area contributed by atoms with Gasteiger partial charge in [-0.2, -0.15) is 0 Å². The lowest BCUT2D eigenvalue weighted by Gasteiger charge is -2.37. The van der Waals surface area contributed by atoms with Crippen LogP contribution < -0.4 is 0 Å². The van der Waals surface area contributed by atoms with Crippen LogP contribution in [-0.4, -0.2) is 77.0 Å². The number of cyclic esters (lactones) is 1. The molecule has 0 amide bonds. The summed E-state index contributed by atoms with van der Waals surface area (Å²) in [5.74, 6) is 0.347. The Bertz CT molecular complexity index is 1080. The first-order chi connectivity index (χ1) is 23.6. The van der Waals surface area contributed by atoms with Crippen LogP contribution in [0.25, 0.3) is 0 Å². The first-order valence-corrected chi connectivity index (χ1v) is 25.2. The molecule has 1 N–H and O–H groups in total. The normalized spacial score (nSPS) is 31.4. The maximum atomic E-state index is 13.6. The minimum Gasteiger partial charge on any atom is -0.457 e. The number of esters is 1. The van der Waals surface area contributed by atoms with Crippen molar-refractivity contribution in [1.29, 1.82) is 0 Å². The molecule has 290 valence electrons. The lowest BCUT2D eigenvalue weighted by molar-refractivity contribution is -0.151. The average Bonchev–Trinajstić information content (AvgIpc) is 3.89. The third-order valence-corrected chi connectivity index (χ3v) is 21.8. The van der Waals surface area contributed by atoms with Crippen molar-refractivity contribution in [2.45, 2.75) is 194 Å². The van der Waals surface area contributed by atoms with Crippen LogP contribution in [-0.2, 0) is 27.9 Å². The minimum absolute atomic E-state index is 0.142. The van der Waals surface area contributed by atoms with Gasteiger partial charge in [-0.25, -0.2) is 0 Å². The van der Waals surface area contributed by atoms with Gasteiger partial charge >= 0.3 is 5.97 Å². The Balaban J connectivity index is 2.17. The van der Waals surface area contributed by atoms with Crippen LogP contribution in [0.3, 0.4) is 0 Å². The summed E-state index contributed by atoms with van der Waals surface area (Å²) < 4.78 is 32.1. The number of epoxide rings is 1. The second-order valence-corrected chi connectivity index (χ2v) is 25.1. The molecule has 7 nitrogen and oxygen atoms in total. The Morgan fingerprint density at radius 1 is 1.02 bits per heavy atom. The van der Waals surface area contributed by atoms with Gasteiger partial charge in [0.2, 0.25) is 0 Å². The molecule has 9 heteroatoms. The summed E-state index contributed by atoms with van der Waals surface area (Å²) >= 11 is 0. The predicted molar refractivity (Wildman–Crippen MR) is 212 cm³/mol. The number of carbonyl (C=O) groups excluding carboxylic acids is 1. The number of hydrogen-bond donors (Lipinski definition) is 1. The third kappa shape index (κ3) is 12.5. The lowest BCUT2D eigenvalue weighted by atomic mass is 9.88. The van der Waals surface area contributed by atoms with Crippen molar-refractivity contribution in [2.75, 3.05) is 7.11 Å². The first kappa shape index (κ1) is 45.1. The quantitative estimate of drug-likeness (QED) is 0.0464. The Hall–Kier alpha value is -1.08. The number of hydrogen-bond acceptors (Lipinski definition) is 7. The molecule has 1 saturated heterocycles. The second-order valence-electron chi connectivity index (χ2n) is 15.7. The molecule has 0 aromatic heterocycles. The van der Waals surface area contributed by atoms with E-state index in [0.717, 1.165) is 36.5 Å². The van der Waals surface area contributed by atoms with E-state index in [4.69, 9.17) is 23.1 Å². The van der Waals surface area contributed by atoms with Gasteiger partial charge in [0.15, 0.2) is 16.6 Å². The number of aliphatic hydroxyl groups excluding tert-OH is 1. The zero-order chi connectivity index (χ0) is 37.7. The molecular weight excluding hydrogens is 661 g/mol. The molecule has 2 aliphatic rings. The largest absolute Gasteiger partial charge is 0.457 e. The van der Waals surface area contributed by atoms with Crippen LogP contribution in [0.15, 0.2) is 36.0 Å². The molecule has 1 fully saturated rings. The van der Waals surface area contributed by atoms with Gasteiger partial charge < -0.3 is 28.2 Å². The van der Waals surface area contributed by atoms with E-state index in [2.05, 4.69) is 80.5 Å². The fourth-order valence-electron chi connectivity index (χ4n) is 7.79. The Morgan fingerprint density at radius 3 is 2.16 bits per heavy atom. The zero-order valence-corrected chi connectivity index (χ0v) is 36.3. The van der Waals surface area contributed by atoms with E-state index < -0.39 is 34.4 Å². The summed E-state index contributed by atoms with van der Waals surface area (Å²) in [5, 5.41) is 11.2. The van der Waals surface area contributed by atoms with Crippen LogP contribution in [0.4, 0.5) is 0 Å². The highest BCUT2D eigenvalue weighted by atomic mass is 28.4. The average molecular weight is 737 g/mol. The van der Waals surface area contributed by atoms with Crippen LogP contribution in [0.1, 0.15) is 115 Å². The molecule has 0 radical (unpaired) electrons. The summed E-state index contributed by atoms with van der Waals surface area (Å²) in [4.78, 5) is 13.6. The van der Waals surface area contributed by atoms with Gasteiger partial charge in [0, 0.05) is 25.0 Å². The van der Waals surface area contributed by atoms with E-state index in [9.17, 15) is 9.90 Å². The molecule has 0 spiro atoms. The van der Waals surface area contributed by atoms with Crippen molar-refractivity contribution in [3.8, 4) is 0 Å². The molecule has 0 aromatic rings. The highest BCUT2D eigenvalue weighted by molar-refractivity contribution is 6.74. The second kappa shape index (κ2) is 21.0. The van der Waals surface area contributed by atoms with Gasteiger partial charge in [-0.15, -0.1) is 0 Å². The van der Waals surface area contributed by atoms with E-state index in [-0.39, 0.29) is 42.7 Å². The van der Waals surface area contributed by atoms with Gasteiger partial charge in [-0.1, -0.05) is 99.6 Å². The highest BCUT2D eigenvalue weighted by Gasteiger charge is 2.47. The minimum atomic E-state index is -1.98. The Kier molecular flexibility index (Phi) is 18.9. The van der Waals surface area contributed by atoms with Gasteiger partial charge in [-0.3, -0.25) is 4.79 Å². The summed E-state index contributed by atoms with van der Waals surface area (Å²) in [6.45, 7) is 26.3. The van der Waals surface area contributed by atoms with Crippen LogP contribution in [0.2, 0.25) is 36.3 Å². The topological polar surface area (TPSA) is 86.8 Å². The van der Waals surface area contributed by atoms with Crippen LogP contribution in [0.5, 0.6) is 0 Å². The van der Waals surface area contributed by atoms with Crippen LogP contribution >= 0.6 is 0 Å². The van der Waals surface area contributed by atoms with E-state index in [1.54, 1.807) is 13.2 Å². The summed E-state index contributed by atoms with van der Waals surface area (Å²) in [6.07, 6.45) is 12.8. The highest BCUT2D eigenvalue weighted by Crippen LogP contribution is 2.39. The molecule has 10 atom stereocenters. The van der Waals surface area contributed by atoms with Crippen molar-refractivity contribution in [2.24, 2.45) is 17.8 Å². The molecule has 0 unspecified atom stereocenters. The van der Waals surface area contributed by atoms with Crippen LogP contribution in [0, 0.1) is 17.8 Å². The van der Waals surface area contributed by atoms with Crippen molar-refractivity contribution in [3.05, 3.63) is 36.0 Å². The number of allylic oxidation sites excluding steroid dienone is 3. The zero-order valence-electron chi connectivity index (χ0n) is 34.3. The third-order valence-electron chi connectivity index (χ3n) is 12.4. The molecule has 2 rings (SSSR count). The fourth-order valence-corrected chi connectivity index (χ4v) is 13.7. The number of aliphatic hydroxyl groups is 1. The predicted octanol–water partition coefficient (Wildman–Crippen LogP) is 10.2. The maximum absolute atomic E-state index is 13.6. The first-order valence-electron chi connectivity index (χ1n) is 20.1. The molecule has 0 saturated carbocycles. The number of methoxy groups -OCH3 is 1. The SMILES string of the molecule is CC[C@H](O[Si](CC)(CC)CC)[C@@H](C)[C@H]1O[C@@H]1C[C@H](C)/C=C/C=C(\C)[C@H]1OC(=O)C[C@H](O[Si](CC)(CC)CC)CC[C@@](C)(OC)[C@@H](O)/C=C/[C@@H]1C. The lowest BCUT2D eigenvalue weighted by Crippen LogP contribution is -2.44. The Morgan fingerprint density at radius 2 is 1.62 bits per heavy atom. The Labute approximate surface area is 309 Å². The molecule has 2 heterocycles. The summed E-state index contributed by atoms with van der Waals surface area (Å²) in [6, 6.07) is 6.53. The number of rotatable bonds is 19. The molecule has 0 bridgehead atoms. The van der Waals surface area contributed by atoms with Crippen molar-refractivity contribution in [1.82, 2.24) is 0 Å². The van der Waals surface area contributed by atoms with E-state index in [1.165, 1.54) is 18.1 Å². The van der Waals surface area contributed by atoms with E-state index in [0.29, 0.717) is 24.7 Å². The van der Waals surface area contributed by atoms with Gasteiger partial charge in [0.25, 0.3) is 0 Å². The van der Waals surface area contributed by atoms with E-state index in [1.807, 2.05) is 26.8 Å². The van der Waals surface area contributed by atoms with Crippen molar-refractivity contribution >= 4 is 22.6 Å². The van der Waals surface area contributed by atoms with Gasteiger partial charge in [0.1, 0.15) is 12.2 Å². The van der Waals surface area contributed by atoms with E-state index >= 15 is 0 Å². The summed E-state index contributed by atoms with van der Waals surface area (Å²) in [7, 11) is -2.00. The number of ether oxygens (including phenoxy) is 3. The molecule has 0 aromatic carbocycles. The maximum Gasteiger partial charge on any atom is 0.308 e. The smallest absolute Gasteiger partial charge is 0.308 e. The van der Waals surface area contributed by atoms with Crippen molar-refractivity contribution < 1.29 is 33.0 Å². The van der Waals surface area contributed by atoms with Gasteiger partial charge in [0.05, 0.1) is 30.3 Å². The molecular formula is C41H76O7Si2. The van der Waals surface area contributed by atoms with Gasteiger partial charge in [-0.05, 0) is 87.3 Å². The molecule has 0 aliphatic carbocycles. The standard InChI is InChI=1S/C41H76O7Si2/c1-14-35(48-50(18-5,19-6)20-7)33(11)40-36(45-40)28-30(8)22-21-23-31(9)39-32(10)24-25-37(42)41(12,44-13)27-26-34(29-38(43)46-39)47-49(15-2,16-3)17-4/h21-25,30,32-37,39-40,42H,14-20,26-29H2,1-13H3/b22-21+,25-24+,31-23+/t30-,32+,33-,34-,35+,36-,37+,39-,40-,41-/m1/s1. The number of carbonyl (C=O) groups is 1. The molecule has 2 aliphatic heterocycles. The monoisotopic (exact) mass is 737 g/mol. The van der Waals surface area contributed by atoms with Crippen molar-refractivity contribution in [3.63, 3.8) is 0 Å².